The number of nitrogens with one attached hydrogen (secondary N) is 1. The fraction of sp³-hybridized carbons (Fsp3) is 0.591. The molecule has 0 saturated heterocycles. The van der Waals surface area contributed by atoms with Gasteiger partial charge in [0.2, 0.25) is 5.91 Å². The van der Waals surface area contributed by atoms with E-state index >= 15 is 0 Å². The van der Waals surface area contributed by atoms with Crippen LogP contribution in [0.4, 0.5) is 5.13 Å². The Bertz CT molecular complexity index is 1060. The number of likely N-dealkylation sites (N-methyl/N-ethyl adjacent to an activating group) is 1. The summed E-state index contributed by atoms with van der Waals surface area (Å²) in [5.74, 6) is -0.595. The van der Waals surface area contributed by atoms with Crippen molar-refractivity contribution < 1.29 is 14.3 Å². The molecule has 9 nitrogen and oxygen atoms in total. The number of aromatic nitrogens is 3. The second kappa shape index (κ2) is 11.8. The van der Waals surface area contributed by atoms with Crippen molar-refractivity contribution in [3.05, 3.63) is 32.3 Å². The first-order chi connectivity index (χ1) is 15.9. The number of anilines is 1. The molecule has 0 bridgehead atoms. The molecule has 0 saturated carbocycles. The summed E-state index contributed by atoms with van der Waals surface area (Å²) in [5.41, 5.74) is 2.41. The summed E-state index contributed by atoms with van der Waals surface area (Å²) < 4.78 is 6.82. The summed E-state index contributed by atoms with van der Waals surface area (Å²) in [6.07, 6.45) is 2.72. The Morgan fingerprint density at radius 3 is 2.67 bits per heavy atom. The number of amides is 1. The van der Waals surface area contributed by atoms with Crippen molar-refractivity contribution in [2.24, 2.45) is 0 Å². The summed E-state index contributed by atoms with van der Waals surface area (Å²) in [4.78, 5) is 48.4. The van der Waals surface area contributed by atoms with E-state index in [4.69, 9.17) is 4.74 Å². The van der Waals surface area contributed by atoms with E-state index in [1.165, 1.54) is 11.8 Å². The number of hydrogen-bond acceptors (Lipinski definition) is 9. The molecule has 0 aliphatic heterocycles. The summed E-state index contributed by atoms with van der Waals surface area (Å²) in [6, 6.07) is 0. The molecule has 1 aliphatic carbocycles. The van der Waals surface area contributed by atoms with E-state index in [-0.39, 0.29) is 24.0 Å². The number of aryl methyl sites for hydroxylation is 1. The zero-order valence-corrected chi connectivity index (χ0v) is 21.2. The fourth-order valence-corrected chi connectivity index (χ4v) is 5.60. The first kappa shape index (κ1) is 25.4. The third kappa shape index (κ3) is 6.21. The van der Waals surface area contributed by atoms with E-state index < -0.39 is 5.97 Å². The molecule has 0 unspecified atom stereocenters. The Hall–Kier alpha value is -2.24. The van der Waals surface area contributed by atoms with Crippen molar-refractivity contribution >= 4 is 40.1 Å². The van der Waals surface area contributed by atoms with E-state index in [1.54, 1.807) is 18.4 Å². The zero-order valence-electron chi connectivity index (χ0n) is 19.6. The molecule has 3 rings (SSSR count). The van der Waals surface area contributed by atoms with Crippen molar-refractivity contribution in [1.82, 2.24) is 19.4 Å². The number of nitrogens with zero attached hydrogens (tertiary/aromatic N) is 4. The van der Waals surface area contributed by atoms with Gasteiger partial charge in [-0.1, -0.05) is 36.9 Å². The summed E-state index contributed by atoms with van der Waals surface area (Å²) >= 11 is 2.37. The molecular weight excluding hydrogens is 462 g/mol. The highest BCUT2D eigenvalue weighted by Gasteiger charge is 2.23. The lowest BCUT2D eigenvalue weighted by Crippen LogP contribution is -2.34. The highest BCUT2D eigenvalue weighted by Crippen LogP contribution is 2.29. The number of esters is 1. The molecule has 2 heterocycles. The van der Waals surface area contributed by atoms with E-state index in [0.29, 0.717) is 27.3 Å². The number of thioether (sulfide) groups is 1. The highest BCUT2D eigenvalue weighted by atomic mass is 32.2. The van der Waals surface area contributed by atoms with Crippen molar-refractivity contribution in [3.63, 3.8) is 0 Å². The lowest BCUT2D eigenvalue weighted by molar-refractivity contribution is -0.113. The second-order valence-electron chi connectivity index (χ2n) is 7.65. The SMILES string of the molecule is CCOC(=O)c1sc(NC(=O)CSc2nc(=O)n(CCN(CC)CC)c3c2CCC3)nc1C. The molecule has 1 amide bonds. The van der Waals surface area contributed by atoms with Crippen LogP contribution in [-0.2, 0) is 28.9 Å². The molecule has 2 aromatic heterocycles. The molecule has 0 atom stereocenters. The van der Waals surface area contributed by atoms with E-state index in [2.05, 4.69) is 34.0 Å². The third-order valence-corrected chi connectivity index (χ3v) is 7.65. The van der Waals surface area contributed by atoms with Gasteiger partial charge in [0.15, 0.2) is 5.13 Å². The van der Waals surface area contributed by atoms with Gasteiger partial charge in [0.1, 0.15) is 9.90 Å². The van der Waals surface area contributed by atoms with Crippen molar-refractivity contribution in [3.8, 4) is 0 Å². The molecule has 0 fully saturated rings. The maximum absolute atomic E-state index is 12.7. The first-order valence-corrected chi connectivity index (χ1v) is 13.1. The summed E-state index contributed by atoms with van der Waals surface area (Å²) in [7, 11) is 0. The van der Waals surface area contributed by atoms with Crippen LogP contribution in [0.3, 0.4) is 0 Å². The van der Waals surface area contributed by atoms with Crippen molar-refractivity contribution in [2.75, 3.05) is 37.3 Å². The molecule has 0 aromatic carbocycles. The van der Waals surface area contributed by atoms with Crippen LogP contribution < -0.4 is 11.0 Å². The molecule has 0 radical (unpaired) electrons. The van der Waals surface area contributed by atoms with Gasteiger partial charge in [-0.3, -0.25) is 9.36 Å². The maximum atomic E-state index is 12.7. The third-order valence-electron chi connectivity index (χ3n) is 5.58. The van der Waals surface area contributed by atoms with Gasteiger partial charge in [0.25, 0.3) is 0 Å². The van der Waals surface area contributed by atoms with Crippen molar-refractivity contribution in [2.45, 2.75) is 58.5 Å². The van der Waals surface area contributed by atoms with E-state index in [9.17, 15) is 14.4 Å². The largest absolute Gasteiger partial charge is 0.462 e. The number of thiazole rings is 1. The summed E-state index contributed by atoms with van der Waals surface area (Å²) in [5, 5.41) is 3.73. The van der Waals surface area contributed by atoms with Gasteiger partial charge in [-0.05, 0) is 46.2 Å². The number of carbonyl (C=O) groups is 2. The summed E-state index contributed by atoms with van der Waals surface area (Å²) in [6.45, 7) is 11.3. The Morgan fingerprint density at radius 1 is 1.21 bits per heavy atom. The van der Waals surface area contributed by atoms with Gasteiger partial charge >= 0.3 is 11.7 Å². The number of carbonyl (C=O) groups excluding carboxylic acids is 2. The normalized spacial score (nSPS) is 12.8. The van der Waals surface area contributed by atoms with Crippen LogP contribution in [0, 0.1) is 6.92 Å². The minimum Gasteiger partial charge on any atom is -0.462 e. The van der Waals surface area contributed by atoms with Gasteiger partial charge in [-0.25, -0.2) is 14.6 Å². The van der Waals surface area contributed by atoms with E-state index in [0.717, 1.165) is 61.5 Å². The van der Waals surface area contributed by atoms with Crippen LogP contribution in [0.2, 0.25) is 0 Å². The average Bonchev–Trinajstić information content (AvgIpc) is 3.41. The lowest BCUT2D eigenvalue weighted by Gasteiger charge is -2.20. The van der Waals surface area contributed by atoms with Crippen LogP contribution in [-0.4, -0.2) is 63.3 Å². The van der Waals surface area contributed by atoms with Crippen LogP contribution in [0.1, 0.15) is 53.8 Å². The van der Waals surface area contributed by atoms with Gasteiger partial charge in [-0.15, -0.1) is 0 Å². The Balaban J connectivity index is 1.66. The lowest BCUT2D eigenvalue weighted by atomic mass is 10.2. The van der Waals surface area contributed by atoms with Crippen LogP contribution in [0.5, 0.6) is 0 Å². The van der Waals surface area contributed by atoms with Gasteiger partial charge < -0.3 is 15.0 Å². The maximum Gasteiger partial charge on any atom is 0.350 e. The number of hydrogen-bond donors (Lipinski definition) is 1. The Labute approximate surface area is 201 Å². The minimum atomic E-state index is -0.441. The average molecular weight is 494 g/mol. The molecule has 1 N–H and O–H groups in total. The highest BCUT2D eigenvalue weighted by molar-refractivity contribution is 8.00. The Kier molecular flexibility index (Phi) is 9.04. The minimum absolute atomic E-state index is 0.107. The number of fused-ring (bicyclic) bond motifs is 1. The molecule has 33 heavy (non-hydrogen) atoms. The molecule has 2 aromatic rings. The molecule has 11 heteroatoms. The Morgan fingerprint density at radius 2 is 1.97 bits per heavy atom. The van der Waals surface area contributed by atoms with Gasteiger partial charge in [0, 0.05) is 24.3 Å². The van der Waals surface area contributed by atoms with Crippen LogP contribution >= 0.6 is 23.1 Å². The first-order valence-electron chi connectivity index (χ1n) is 11.3. The number of rotatable bonds is 11. The molecular formula is C22H31N5O4S2. The van der Waals surface area contributed by atoms with E-state index in [1.807, 2.05) is 0 Å². The smallest absolute Gasteiger partial charge is 0.350 e. The standard InChI is InChI=1S/C22H31N5O4S2/c1-5-26(6-2)11-12-27-16-10-8-9-15(16)19(25-22(27)30)32-13-17(28)24-21-23-14(4)18(33-21)20(29)31-7-3/h5-13H2,1-4H3,(H,23,24,28). The topological polar surface area (TPSA) is 106 Å². The van der Waals surface area contributed by atoms with Crippen molar-refractivity contribution in [1.29, 1.82) is 0 Å². The monoisotopic (exact) mass is 493 g/mol. The molecule has 0 spiro atoms. The zero-order chi connectivity index (χ0) is 24.0. The van der Waals surface area contributed by atoms with Crippen LogP contribution in [0.25, 0.3) is 0 Å². The molecule has 1 aliphatic rings. The van der Waals surface area contributed by atoms with Gasteiger partial charge in [-0.2, -0.15) is 4.98 Å². The second-order valence-corrected chi connectivity index (χ2v) is 9.61. The molecule has 180 valence electrons. The predicted molar refractivity (Wildman–Crippen MR) is 130 cm³/mol. The van der Waals surface area contributed by atoms with Crippen LogP contribution in [0.15, 0.2) is 9.82 Å². The number of ether oxygens (including phenoxy) is 1. The van der Waals surface area contributed by atoms with Gasteiger partial charge in [0.05, 0.1) is 18.1 Å². The fourth-order valence-electron chi connectivity index (χ4n) is 3.84. The quantitative estimate of drug-likeness (QED) is 0.289. The predicted octanol–water partition coefficient (Wildman–Crippen LogP) is 2.75.